The molecule has 0 aliphatic rings. The van der Waals surface area contributed by atoms with Crippen LogP contribution in [-0.2, 0) is 0 Å². The van der Waals surface area contributed by atoms with Crippen LogP contribution >= 0.6 is 0 Å². The van der Waals surface area contributed by atoms with Gasteiger partial charge in [-0.05, 0) is 18.4 Å². The number of aliphatic hydroxyl groups is 1. The van der Waals surface area contributed by atoms with Gasteiger partial charge in [0, 0.05) is 12.2 Å². The number of rotatable bonds is 4. The van der Waals surface area contributed by atoms with Gasteiger partial charge in [-0.1, -0.05) is 13.8 Å². The molecule has 0 amide bonds. The monoisotopic (exact) mass is 197 g/mol. The first kappa shape index (κ1) is 11.2. The zero-order valence-electron chi connectivity index (χ0n) is 9.01. The number of nitrogens with zero attached hydrogens (tertiary/aromatic N) is 2. The van der Waals surface area contributed by atoms with E-state index in [1.807, 2.05) is 27.0 Å². The summed E-state index contributed by atoms with van der Waals surface area (Å²) in [6.07, 6.45) is 3.68. The first-order valence-electron chi connectivity index (χ1n) is 4.93. The Kier molecular flexibility index (Phi) is 3.66. The van der Waals surface area contributed by atoms with Crippen molar-refractivity contribution in [2.45, 2.75) is 32.9 Å². The zero-order valence-corrected chi connectivity index (χ0v) is 9.01. The fraction of sp³-hybridized carbons (Fsp3) is 0.700. The van der Waals surface area contributed by atoms with E-state index in [-0.39, 0.29) is 18.7 Å². The summed E-state index contributed by atoms with van der Waals surface area (Å²) in [5.74, 6) is 0.330. The number of nitrogens with two attached hydrogens (primary N) is 1. The number of hydrogen-bond donors (Lipinski definition) is 2. The predicted octanol–water partition coefficient (Wildman–Crippen LogP) is 0.708. The lowest BCUT2D eigenvalue weighted by Gasteiger charge is -2.25. The molecule has 80 valence electrons. The topological polar surface area (TPSA) is 64.1 Å². The van der Waals surface area contributed by atoms with E-state index in [1.54, 1.807) is 10.9 Å². The molecule has 0 saturated heterocycles. The molecule has 0 aliphatic heterocycles. The molecule has 1 aromatic rings. The zero-order chi connectivity index (χ0) is 10.7. The molecular weight excluding hydrogens is 178 g/mol. The van der Waals surface area contributed by atoms with E-state index in [0.29, 0.717) is 5.92 Å². The minimum Gasteiger partial charge on any atom is -0.394 e. The van der Waals surface area contributed by atoms with E-state index in [4.69, 9.17) is 5.73 Å². The summed E-state index contributed by atoms with van der Waals surface area (Å²) in [4.78, 5) is 0. The van der Waals surface area contributed by atoms with Gasteiger partial charge < -0.3 is 10.8 Å². The molecule has 0 aromatic carbocycles. The minimum absolute atomic E-state index is 0.0282. The molecule has 4 nitrogen and oxygen atoms in total. The average Bonchev–Trinajstić information content (AvgIpc) is 2.53. The van der Waals surface area contributed by atoms with Crippen molar-refractivity contribution in [3.63, 3.8) is 0 Å². The van der Waals surface area contributed by atoms with E-state index < -0.39 is 0 Å². The maximum absolute atomic E-state index is 9.27. The van der Waals surface area contributed by atoms with Crippen molar-refractivity contribution in [1.29, 1.82) is 0 Å². The van der Waals surface area contributed by atoms with Crippen LogP contribution in [0.15, 0.2) is 12.4 Å². The van der Waals surface area contributed by atoms with E-state index in [9.17, 15) is 5.11 Å². The fourth-order valence-corrected chi connectivity index (χ4v) is 1.44. The molecule has 1 heterocycles. The molecule has 0 aliphatic carbocycles. The van der Waals surface area contributed by atoms with Crippen molar-refractivity contribution >= 4 is 0 Å². The largest absolute Gasteiger partial charge is 0.394 e. The SMILES string of the molecule is Cc1cnn(C(CO)C(N)C(C)C)c1. The first-order chi connectivity index (χ1) is 6.56. The summed E-state index contributed by atoms with van der Waals surface area (Å²) in [6.45, 7) is 6.09. The van der Waals surface area contributed by atoms with E-state index >= 15 is 0 Å². The van der Waals surface area contributed by atoms with Crippen molar-refractivity contribution in [3.8, 4) is 0 Å². The second kappa shape index (κ2) is 4.57. The van der Waals surface area contributed by atoms with Crippen LogP contribution in [0, 0.1) is 12.8 Å². The standard InChI is InChI=1S/C10H19N3O/c1-7(2)10(11)9(6-14)13-5-8(3)4-12-13/h4-5,7,9-10,14H,6,11H2,1-3H3. The summed E-state index contributed by atoms with van der Waals surface area (Å²) in [5.41, 5.74) is 7.07. The highest BCUT2D eigenvalue weighted by atomic mass is 16.3. The van der Waals surface area contributed by atoms with Gasteiger partial charge in [0.2, 0.25) is 0 Å². The number of aryl methyl sites for hydroxylation is 1. The molecule has 14 heavy (non-hydrogen) atoms. The van der Waals surface area contributed by atoms with Crippen molar-refractivity contribution in [3.05, 3.63) is 18.0 Å². The third-order valence-corrected chi connectivity index (χ3v) is 2.47. The first-order valence-corrected chi connectivity index (χ1v) is 4.93. The van der Waals surface area contributed by atoms with E-state index in [1.165, 1.54) is 0 Å². The summed E-state index contributed by atoms with van der Waals surface area (Å²) in [7, 11) is 0. The van der Waals surface area contributed by atoms with Crippen LogP contribution in [0.5, 0.6) is 0 Å². The Hall–Kier alpha value is -0.870. The minimum atomic E-state index is -0.122. The quantitative estimate of drug-likeness (QED) is 0.747. The second-order valence-electron chi connectivity index (χ2n) is 4.07. The van der Waals surface area contributed by atoms with Gasteiger partial charge in [0.1, 0.15) is 0 Å². The van der Waals surface area contributed by atoms with Crippen LogP contribution in [0.25, 0.3) is 0 Å². The van der Waals surface area contributed by atoms with Gasteiger partial charge in [-0.15, -0.1) is 0 Å². The molecule has 1 aromatic heterocycles. The summed E-state index contributed by atoms with van der Waals surface area (Å²) < 4.78 is 1.75. The van der Waals surface area contributed by atoms with Crippen LogP contribution in [0.1, 0.15) is 25.5 Å². The maximum Gasteiger partial charge on any atom is 0.0902 e. The Morgan fingerprint density at radius 1 is 1.57 bits per heavy atom. The Bertz CT molecular complexity index is 283. The highest BCUT2D eigenvalue weighted by molar-refractivity contribution is 5.01. The smallest absolute Gasteiger partial charge is 0.0902 e. The van der Waals surface area contributed by atoms with Crippen LogP contribution in [0.2, 0.25) is 0 Å². The fourth-order valence-electron chi connectivity index (χ4n) is 1.44. The molecule has 3 N–H and O–H groups in total. The van der Waals surface area contributed by atoms with Gasteiger partial charge in [0.25, 0.3) is 0 Å². The average molecular weight is 197 g/mol. The molecule has 0 radical (unpaired) electrons. The van der Waals surface area contributed by atoms with Crippen LogP contribution in [-0.4, -0.2) is 27.5 Å². The second-order valence-corrected chi connectivity index (χ2v) is 4.07. The highest BCUT2D eigenvalue weighted by Gasteiger charge is 2.22. The lowest BCUT2D eigenvalue weighted by Crippen LogP contribution is -2.39. The van der Waals surface area contributed by atoms with Gasteiger partial charge in [-0.25, -0.2) is 0 Å². The van der Waals surface area contributed by atoms with Gasteiger partial charge >= 0.3 is 0 Å². The van der Waals surface area contributed by atoms with Crippen LogP contribution in [0.4, 0.5) is 0 Å². The van der Waals surface area contributed by atoms with Gasteiger partial charge in [0.15, 0.2) is 0 Å². The number of aliphatic hydroxyl groups excluding tert-OH is 1. The third kappa shape index (κ3) is 2.33. The maximum atomic E-state index is 9.27. The molecule has 1 rings (SSSR count). The van der Waals surface area contributed by atoms with Crippen molar-refractivity contribution in [1.82, 2.24) is 9.78 Å². The van der Waals surface area contributed by atoms with Gasteiger partial charge in [-0.2, -0.15) is 5.10 Å². The van der Waals surface area contributed by atoms with E-state index in [2.05, 4.69) is 5.10 Å². The molecule has 4 heteroatoms. The molecule has 2 atom stereocenters. The van der Waals surface area contributed by atoms with E-state index in [0.717, 1.165) is 5.56 Å². The Morgan fingerprint density at radius 2 is 2.21 bits per heavy atom. The van der Waals surface area contributed by atoms with Crippen molar-refractivity contribution in [2.24, 2.45) is 11.7 Å². The summed E-state index contributed by atoms with van der Waals surface area (Å²) in [5, 5.41) is 13.4. The summed E-state index contributed by atoms with van der Waals surface area (Å²) in [6, 6.07) is -0.192. The third-order valence-electron chi connectivity index (χ3n) is 2.47. The lowest BCUT2D eigenvalue weighted by molar-refractivity contribution is 0.179. The molecule has 0 bridgehead atoms. The van der Waals surface area contributed by atoms with Crippen LogP contribution < -0.4 is 5.73 Å². The Labute approximate surface area is 84.7 Å². The van der Waals surface area contributed by atoms with Crippen molar-refractivity contribution in [2.75, 3.05) is 6.61 Å². The Morgan fingerprint density at radius 3 is 2.57 bits per heavy atom. The van der Waals surface area contributed by atoms with Crippen LogP contribution in [0.3, 0.4) is 0 Å². The number of aromatic nitrogens is 2. The highest BCUT2D eigenvalue weighted by Crippen LogP contribution is 2.15. The lowest BCUT2D eigenvalue weighted by atomic mass is 9.98. The molecule has 0 spiro atoms. The molecule has 0 fully saturated rings. The van der Waals surface area contributed by atoms with Gasteiger partial charge in [-0.3, -0.25) is 4.68 Å². The van der Waals surface area contributed by atoms with Gasteiger partial charge in [0.05, 0.1) is 18.8 Å². The molecule has 0 saturated carbocycles. The normalized spacial score (nSPS) is 15.9. The molecular formula is C10H19N3O. The predicted molar refractivity (Wildman–Crippen MR) is 55.9 cm³/mol. The van der Waals surface area contributed by atoms with Crippen molar-refractivity contribution < 1.29 is 5.11 Å². The summed E-state index contributed by atoms with van der Waals surface area (Å²) >= 11 is 0. The number of hydrogen-bond acceptors (Lipinski definition) is 3. The Balaban J connectivity index is 2.81. The molecule has 2 unspecified atom stereocenters.